The topological polar surface area (TPSA) is 66.1 Å². The van der Waals surface area contributed by atoms with E-state index in [1.165, 1.54) is 4.90 Å². The number of nitriles is 1. The highest BCUT2D eigenvalue weighted by Crippen LogP contribution is 2.25. The first-order valence-electron chi connectivity index (χ1n) is 6.64. The number of halogens is 3. The van der Waals surface area contributed by atoms with Gasteiger partial charge in [0.15, 0.2) is 0 Å². The third-order valence-electron chi connectivity index (χ3n) is 3.08. The molecule has 1 aromatic heterocycles. The molecule has 0 aromatic carbocycles. The molecule has 1 heterocycles. The number of alkyl halides is 3. The molecule has 1 atom stereocenters. The molecule has 120 valence electrons. The zero-order valence-electron chi connectivity index (χ0n) is 12.2. The Morgan fingerprint density at radius 2 is 2.14 bits per heavy atom. The maximum absolute atomic E-state index is 12.7. The van der Waals surface area contributed by atoms with Crippen LogP contribution in [-0.2, 0) is 17.5 Å². The Labute approximate surface area is 125 Å². The molecule has 1 rings (SSSR count). The van der Waals surface area contributed by atoms with Gasteiger partial charge < -0.3 is 9.47 Å². The van der Waals surface area contributed by atoms with Crippen molar-refractivity contribution in [3.05, 3.63) is 34.2 Å². The molecule has 0 aliphatic carbocycles. The monoisotopic (exact) mass is 315 g/mol. The molecule has 0 spiro atoms. The van der Waals surface area contributed by atoms with Crippen molar-refractivity contribution in [2.45, 2.75) is 26.6 Å². The molecule has 22 heavy (non-hydrogen) atoms. The number of aromatic nitrogens is 1. The number of hydrogen-bond donors (Lipinski definition) is 0. The third kappa shape index (κ3) is 4.35. The average Bonchev–Trinajstić information content (AvgIpc) is 2.45. The standard InChI is InChI=1S/C14H16F3N3O2/c1-3-19(8-10(2)7-18)12(21)9-20-6-4-5-11(13(20)22)14(15,16)17/h4-6,10H,3,8-9H2,1-2H3. The van der Waals surface area contributed by atoms with Gasteiger partial charge in [0.25, 0.3) is 5.56 Å². The van der Waals surface area contributed by atoms with Gasteiger partial charge in [-0.25, -0.2) is 0 Å². The minimum absolute atomic E-state index is 0.166. The van der Waals surface area contributed by atoms with Crippen LogP contribution in [0.15, 0.2) is 23.1 Å². The molecule has 0 N–H and O–H groups in total. The molecule has 0 radical (unpaired) electrons. The minimum Gasteiger partial charge on any atom is -0.340 e. The maximum Gasteiger partial charge on any atom is 0.421 e. The Kier molecular flexibility index (Phi) is 5.74. The van der Waals surface area contributed by atoms with Gasteiger partial charge in [-0.05, 0) is 26.0 Å². The highest BCUT2D eigenvalue weighted by Gasteiger charge is 2.34. The SMILES string of the molecule is CCN(CC(C)C#N)C(=O)Cn1cccc(C(F)(F)F)c1=O. The van der Waals surface area contributed by atoms with Gasteiger partial charge in [0.1, 0.15) is 12.1 Å². The number of carbonyl (C=O) groups is 1. The van der Waals surface area contributed by atoms with Gasteiger partial charge in [0.2, 0.25) is 5.91 Å². The van der Waals surface area contributed by atoms with Gasteiger partial charge in [-0.2, -0.15) is 18.4 Å². The fraction of sp³-hybridized carbons (Fsp3) is 0.500. The molecule has 0 saturated carbocycles. The lowest BCUT2D eigenvalue weighted by molar-refractivity contribution is -0.139. The van der Waals surface area contributed by atoms with E-state index in [2.05, 4.69) is 0 Å². The fourth-order valence-corrected chi connectivity index (χ4v) is 1.90. The zero-order chi connectivity index (χ0) is 16.9. The Morgan fingerprint density at radius 3 is 2.64 bits per heavy atom. The summed E-state index contributed by atoms with van der Waals surface area (Å²) in [7, 11) is 0. The second-order valence-electron chi connectivity index (χ2n) is 4.82. The van der Waals surface area contributed by atoms with Crippen molar-refractivity contribution < 1.29 is 18.0 Å². The molecule has 5 nitrogen and oxygen atoms in total. The minimum atomic E-state index is -4.76. The summed E-state index contributed by atoms with van der Waals surface area (Å²) in [6.07, 6.45) is -3.63. The van der Waals surface area contributed by atoms with Crippen LogP contribution in [0.1, 0.15) is 19.4 Å². The van der Waals surface area contributed by atoms with Gasteiger partial charge >= 0.3 is 6.18 Å². The van der Waals surface area contributed by atoms with Crippen molar-refractivity contribution in [3.8, 4) is 6.07 Å². The van der Waals surface area contributed by atoms with Crippen LogP contribution in [-0.4, -0.2) is 28.5 Å². The summed E-state index contributed by atoms with van der Waals surface area (Å²) in [5.41, 5.74) is -2.57. The number of nitrogens with zero attached hydrogens (tertiary/aromatic N) is 3. The van der Waals surface area contributed by atoms with E-state index in [4.69, 9.17) is 5.26 Å². The van der Waals surface area contributed by atoms with Crippen LogP contribution >= 0.6 is 0 Å². The van der Waals surface area contributed by atoms with Crippen LogP contribution in [0.3, 0.4) is 0 Å². The average molecular weight is 315 g/mol. The summed E-state index contributed by atoms with van der Waals surface area (Å²) < 4.78 is 38.7. The van der Waals surface area contributed by atoms with Gasteiger partial charge in [-0.1, -0.05) is 0 Å². The number of hydrogen-bond acceptors (Lipinski definition) is 3. The molecular weight excluding hydrogens is 299 g/mol. The van der Waals surface area contributed by atoms with Crippen molar-refractivity contribution in [3.63, 3.8) is 0 Å². The highest BCUT2D eigenvalue weighted by molar-refractivity contribution is 5.76. The maximum atomic E-state index is 12.7. The lowest BCUT2D eigenvalue weighted by Gasteiger charge is -2.22. The summed E-state index contributed by atoms with van der Waals surface area (Å²) >= 11 is 0. The molecule has 0 saturated heterocycles. The first-order chi connectivity index (χ1) is 10.2. The summed E-state index contributed by atoms with van der Waals surface area (Å²) in [6.45, 7) is 3.30. The Morgan fingerprint density at radius 1 is 1.50 bits per heavy atom. The van der Waals surface area contributed by atoms with Crippen LogP contribution < -0.4 is 5.56 Å². The van der Waals surface area contributed by atoms with E-state index in [1.54, 1.807) is 13.8 Å². The smallest absolute Gasteiger partial charge is 0.340 e. The molecule has 8 heteroatoms. The predicted molar refractivity (Wildman–Crippen MR) is 72.7 cm³/mol. The third-order valence-corrected chi connectivity index (χ3v) is 3.08. The second-order valence-corrected chi connectivity index (χ2v) is 4.82. The van der Waals surface area contributed by atoms with Gasteiger partial charge in [-0.15, -0.1) is 0 Å². The van der Waals surface area contributed by atoms with E-state index in [9.17, 15) is 22.8 Å². The van der Waals surface area contributed by atoms with E-state index in [-0.39, 0.29) is 6.54 Å². The largest absolute Gasteiger partial charge is 0.421 e. The zero-order valence-corrected chi connectivity index (χ0v) is 12.2. The molecule has 1 unspecified atom stereocenters. The second kappa shape index (κ2) is 7.11. The first-order valence-corrected chi connectivity index (χ1v) is 6.64. The van der Waals surface area contributed by atoms with Crippen LogP contribution in [0.5, 0.6) is 0 Å². The van der Waals surface area contributed by atoms with Crippen molar-refractivity contribution in [1.82, 2.24) is 9.47 Å². The number of carbonyl (C=O) groups excluding carboxylic acids is 1. The van der Waals surface area contributed by atoms with Crippen LogP contribution in [0.4, 0.5) is 13.2 Å². The van der Waals surface area contributed by atoms with Gasteiger partial charge in [0, 0.05) is 19.3 Å². The molecule has 0 bridgehead atoms. The Bertz CT molecular complexity index is 631. The van der Waals surface area contributed by atoms with E-state index in [0.717, 1.165) is 16.8 Å². The van der Waals surface area contributed by atoms with Crippen LogP contribution in [0.25, 0.3) is 0 Å². The number of pyridine rings is 1. The summed E-state index contributed by atoms with van der Waals surface area (Å²) in [5.74, 6) is -0.909. The summed E-state index contributed by atoms with van der Waals surface area (Å²) in [6, 6.07) is 3.73. The molecule has 1 amide bonds. The lowest BCUT2D eigenvalue weighted by atomic mass is 10.2. The van der Waals surface area contributed by atoms with Gasteiger partial charge in [0.05, 0.1) is 12.0 Å². The van der Waals surface area contributed by atoms with E-state index < -0.39 is 35.7 Å². The first kappa shape index (κ1) is 17.8. The van der Waals surface area contributed by atoms with E-state index >= 15 is 0 Å². The Hall–Kier alpha value is -2.30. The van der Waals surface area contributed by atoms with E-state index in [1.807, 2.05) is 6.07 Å². The van der Waals surface area contributed by atoms with Crippen molar-refractivity contribution in [2.24, 2.45) is 5.92 Å². The highest BCUT2D eigenvalue weighted by atomic mass is 19.4. The summed E-state index contributed by atoms with van der Waals surface area (Å²) in [4.78, 5) is 25.2. The number of likely N-dealkylation sites (N-methyl/N-ethyl adjacent to an activating group) is 1. The predicted octanol–water partition coefficient (Wildman–Crippen LogP) is 1.88. The molecule has 0 aliphatic heterocycles. The number of rotatable bonds is 5. The normalized spacial score (nSPS) is 12.5. The lowest BCUT2D eigenvalue weighted by Crippen LogP contribution is -2.39. The molecule has 0 fully saturated rings. The molecule has 0 aliphatic rings. The van der Waals surface area contributed by atoms with E-state index in [0.29, 0.717) is 12.6 Å². The van der Waals surface area contributed by atoms with Gasteiger partial charge in [-0.3, -0.25) is 9.59 Å². The number of amides is 1. The Balaban J connectivity index is 2.98. The molecular formula is C14H16F3N3O2. The van der Waals surface area contributed by atoms with Crippen molar-refractivity contribution in [1.29, 1.82) is 5.26 Å². The van der Waals surface area contributed by atoms with Crippen molar-refractivity contribution >= 4 is 5.91 Å². The van der Waals surface area contributed by atoms with Crippen molar-refractivity contribution in [2.75, 3.05) is 13.1 Å². The quantitative estimate of drug-likeness (QED) is 0.833. The molecule has 1 aromatic rings. The van der Waals surface area contributed by atoms with Crippen LogP contribution in [0.2, 0.25) is 0 Å². The summed E-state index contributed by atoms with van der Waals surface area (Å²) in [5, 5.41) is 8.75. The van der Waals surface area contributed by atoms with Crippen LogP contribution in [0, 0.1) is 17.2 Å². The fourth-order valence-electron chi connectivity index (χ4n) is 1.90.